The summed E-state index contributed by atoms with van der Waals surface area (Å²) in [6.07, 6.45) is 3.38. The number of rotatable bonds is 5. The first-order valence-corrected chi connectivity index (χ1v) is 8.13. The molecule has 7 heteroatoms. The molecule has 0 bridgehead atoms. The van der Waals surface area contributed by atoms with Gasteiger partial charge in [-0.1, -0.05) is 0 Å². The van der Waals surface area contributed by atoms with E-state index in [9.17, 15) is 0 Å². The van der Waals surface area contributed by atoms with Crippen molar-refractivity contribution in [1.82, 2.24) is 15.5 Å². The van der Waals surface area contributed by atoms with Crippen molar-refractivity contribution < 1.29 is 4.42 Å². The third-order valence-corrected chi connectivity index (χ3v) is 5.92. The maximum absolute atomic E-state index is 5.65. The second-order valence-corrected chi connectivity index (χ2v) is 7.44. The fourth-order valence-corrected chi connectivity index (χ4v) is 3.53. The average molecular weight is 393 g/mol. The van der Waals surface area contributed by atoms with Gasteiger partial charge in [0.1, 0.15) is 0 Å². The molecule has 18 heavy (non-hydrogen) atoms. The van der Waals surface area contributed by atoms with E-state index < -0.39 is 0 Å². The van der Waals surface area contributed by atoms with Gasteiger partial charge in [0.15, 0.2) is 0 Å². The molecule has 0 amide bonds. The summed E-state index contributed by atoms with van der Waals surface area (Å²) >= 11 is 8.48. The van der Waals surface area contributed by atoms with E-state index >= 15 is 0 Å². The number of aromatic nitrogens is 2. The highest BCUT2D eigenvalue weighted by molar-refractivity contribution is 9.13. The van der Waals surface area contributed by atoms with Crippen LogP contribution in [-0.2, 0) is 6.42 Å². The molecule has 0 radical (unpaired) electrons. The van der Waals surface area contributed by atoms with Gasteiger partial charge in [-0.15, -0.1) is 21.5 Å². The van der Waals surface area contributed by atoms with Gasteiger partial charge in [0.2, 0.25) is 5.89 Å². The standard InChI is InChI=1S/C11H11Br2N3OS/c12-7-5-8(18-10(7)13)11-16-15-9(17-11)3-4-14-6-1-2-6/h5-6,14H,1-4H2. The first-order valence-electron chi connectivity index (χ1n) is 5.73. The van der Waals surface area contributed by atoms with E-state index in [2.05, 4.69) is 47.4 Å². The van der Waals surface area contributed by atoms with Crippen LogP contribution in [0.3, 0.4) is 0 Å². The minimum Gasteiger partial charge on any atom is -0.420 e. The van der Waals surface area contributed by atoms with E-state index in [1.54, 1.807) is 11.3 Å². The minimum atomic E-state index is 0.591. The molecule has 0 atom stereocenters. The summed E-state index contributed by atoms with van der Waals surface area (Å²) in [5.74, 6) is 1.28. The summed E-state index contributed by atoms with van der Waals surface area (Å²) in [6.45, 7) is 0.907. The first-order chi connectivity index (χ1) is 8.72. The number of hydrogen-bond donors (Lipinski definition) is 1. The van der Waals surface area contributed by atoms with Crippen molar-refractivity contribution >= 4 is 43.2 Å². The van der Waals surface area contributed by atoms with Crippen molar-refractivity contribution in [2.75, 3.05) is 6.54 Å². The van der Waals surface area contributed by atoms with Gasteiger partial charge < -0.3 is 9.73 Å². The molecular weight excluding hydrogens is 382 g/mol. The van der Waals surface area contributed by atoms with E-state index in [0.29, 0.717) is 11.8 Å². The molecule has 0 saturated heterocycles. The lowest BCUT2D eigenvalue weighted by atomic mass is 10.4. The molecule has 2 aromatic rings. The highest BCUT2D eigenvalue weighted by Crippen LogP contribution is 2.37. The molecule has 0 aliphatic heterocycles. The SMILES string of the molecule is Brc1cc(-c2nnc(CCNC3CC3)o2)sc1Br. The number of nitrogens with zero attached hydrogens (tertiary/aromatic N) is 2. The Bertz CT molecular complexity index is 531. The molecule has 0 aromatic carbocycles. The van der Waals surface area contributed by atoms with Crippen LogP contribution in [-0.4, -0.2) is 22.8 Å². The number of thiophene rings is 1. The second kappa shape index (κ2) is 5.40. The zero-order chi connectivity index (χ0) is 12.5. The van der Waals surface area contributed by atoms with Crippen LogP contribution in [0.25, 0.3) is 10.8 Å². The van der Waals surface area contributed by atoms with Crippen LogP contribution in [0, 0.1) is 0 Å². The topological polar surface area (TPSA) is 51.0 Å². The van der Waals surface area contributed by atoms with Crippen LogP contribution >= 0.6 is 43.2 Å². The van der Waals surface area contributed by atoms with Gasteiger partial charge in [-0.05, 0) is 50.8 Å². The van der Waals surface area contributed by atoms with E-state index in [0.717, 1.165) is 32.1 Å². The zero-order valence-electron chi connectivity index (χ0n) is 9.45. The first kappa shape index (κ1) is 12.8. The molecule has 1 N–H and O–H groups in total. The fraction of sp³-hybridized carbons (Fsp3) is 0.455. The monoisotopic (exact) mass is 391 g/mol. The van der Waals surface area contributed by atoms with E-state index in [-0.39, 0.29) is 0 Å². The second-order valence-electron chi connectivity index (χ2n) is 4.21. The molecule has 1 aliphatic rings. The highest BCUT2D eigenvalue weighted by Gasteiger charge is 2.20. The van der Waals surface area contributed by atoms with Crippen molar-refractivity contribution in [3.63, 3.8) is 0 Å². The largest absolute Gasteiger partial charge is 0.420 e. The third kappa shape index (κ3) is 3.01. The maximum atomic E-state index is 5.65. The summed E-state index contributed by atoms with van der Waals surface area (Å²) in [5, 5.41) is 11.6. The summed E-state index contributed by atoms with van der Waals surface area (Å²) in [6, 6.07) is 2.70. The number of hydrogen-bond acceptors (Lipinski definition) is 5. The van der Waals surface area contributed by atoms with Crippen LogP contribution in [0.2, 0.25) is 0 Å². The molecule has 2 aromatic heterocycles. The molecule has 1 aliphatic carbocycles. The van der Waals surface area contributed by atoms with Crippen molar-refractivity contribution in [3.8, 4) is 10.8 Å². The van der Waals surface area contributed by atoms with Crippen molar-refractivity contribution in [2.24, 2.45) is 0 Å². The predicted octanol–water partition coefficient (Wildman–Crippen LogP) is 3.62. The summed E-state index contributed by atoms with van der Waals surface area (Å²) in [4.78, 5) is 0.975. The molecule has 1 fully saturated rings. The van der Waals surface area contributed by atoms with Crippen molar-refractivity contribution in [2.45, 2.75) is 25.3 Å². The fourth-order valence-electron chi connectivity index (χ4n) is 1.58. The molecule has 0 spiro atoms. The Morgan fingerprint density at radius 3 is 2.89 bits per heavy atom. The van der Waals surface area contributed by atoms with Crippen molar-refractivity contribution in [1.29, 1.82) is 0 Å². The van der Waals surface area contributed by atoms with Gasteiger partial charge in [0, 0.05) is 23.5 Å². The maximum Gasteiger partial charge on any atom is 0.257 e. The Hall–Kier alpha value is -0.240. The molecule has 1 saturated carbocycles. The lowest BCUT2D eigenvalue weighted by Crippen LogP contribution is -2.19. The summed E-state index contributed by atoms with van der Waals surface area (Å²) in [7, 11) is 0. The van der Waals surface area contributed by atoms with E-state index in [1.165, 1.54) is 12.8 Å². The smallest absolute Gasteiger partial charge is 0.257 e. The number of nitrogens with one attached hydrogen (secondary N) is 1. The Labute approximate surface area is 125 Å². The van der Waals surface area contributed by atoms with Gasteiger partial charge in [-0.2, -0.15) is 0 Å². The Morgan fingerprint density at radius 2 is 2.22 bits per heavy atom. The van der Waals surface area contributed by atoms with Gasteiger partial charge in [0.25, 0.3) is 5.89 Å². The molecule has 2 heterocycles. The Morgan fingerprint density at radius 1 is 1.39 bits per heavy atom. The van der Waals surface area contributed by atoms with Gasteiger partial charge >= 0.3 is 0 Å². The van der Waals surface area contributed by atoms with Crippen LogP contribution in [0.4, 0.5) is 0 Å². The molecule has 96 valence electrons. The molecule has 0 unspecified atom stereocenters. The van der Waals surface area contributed by atoms with Gasteiger partial charge in [0.05, 0.1) is 8.66 Å². The Balaban J connectivity index is 1.64. The summed E-state index contributed by atoms with van der Waals surface area (Å²) in [5.41, 5.74) is 0. The lowest BCUT2D eigenvalue weighted by molar-refractivity contribution is 0.495. The third-order valence-electron chi connectivity index (χ3n) is 2.67. The van der Waals surface area contributed by atoms with Gasteiger partial charge in [-0.25, -0.2) is 0 Å². The van der Waals surface area contributed by atoms with E-state index in [4.69, 9.17) is 4.42 Å². The van der Waals surface area contributed by atoms with Gasteiger partial charge in [-0.3, -0.25) is 0 Å². The van der Waals surface area contributed by atoms with Crippen LogP contribution in [0.5, 0.6) is 0 Å². The quantitative estimate of drug-likeness (QED) is 0.844. The van der Waals surface area contributed by atoms with Crippen molar-refractivity contribution in [3.05, 3.63) is 20.2 Å². The average Bonchev–Trinajstić information content (AvgIpc) is 2.94. The molecular formula is C11H11Br2N3OS. The van der Waals surface area contributed by atoms with Crippen LogP contribution in [0.15, 0.2) is 18.7 Å². The normalized spacial score (nSPS) is 15.2. The van der Waals surface area contributed by atoms with Crippen LogP contribution in [0.1, 0.15) is 18.7 Å². The highest BCUT2D eigenvalue weighted by atomic mass is 79.9. The Kier molecular flexibility index (Phi) is 3.83. The van der Waals surface area contributed by atoms with Crippen LogP contribution < -0.4 is 5.32 Å². The zero-order valence-corrected chi connectivity index (χ0v) is 13.4. The molecule has 4 nitrogen and oxygen atoms in total. The van der Waals surface area contributed by atoms with E-state index in [1.807, 2.05) is 6.07 Å². The lowest BCUT2D eigenvalue weighted by Gasteiger charge is -1.97. The minimum absolute atomic E-state index is 0.591. The summed E-state index contributed by atoms with van der Waals surface area (Å²) < 4.78 is 7.69. The predicted molar refractivity (Wildman–Crippen MR) is 77.7 cm³/mol. The number of halogens is 2. The molecule has 3 rings (SSSR count).